The highest BCUT2D eigenvalue weighted by Gasteiger charge is 1.99. The summed E-state index contributed by atoms with van der Waals surface area (Å²) < 4.78 is 5.70. The van der Waals surface area contributed by atoms with E-state index in [1.165, 1.54) is 16.8 Å². The molecule has 0 N–H and O–H groups in total. The van der Waals surface area contributed by atoms with Gasteiger partial charge in [0, 0.05) is 12.7 Å². The molecule has 0 fully saturated rings. The fourth-order valence-electron chi connectivity index (χ4n) is 1.74. The van der Waals surface area contributed by atoms with Crippen LogP contribution in [0.2, 0.25) is 0 Å². The van der Waals surface area contributed by atoms with E-state index in [9.17, 15) is 0 Å². The maximum atomic E-state index is 5.70. The Hall–Kier alpha value is -1.80. The predicted octanol–water partition coefficient (Wildman–Crippen LogP) is 4.63. The average molecular weight is 271 g/mol. The van der Waals surface area contributed by atoms with Crippen LogP contribution in [0.1, 0.15) is 25.0 Å². The van der Waals surface area contributed by atoms with Gasteiger partial charge >= 0.3 is 0 Å². The smallest absolute Gasteiger partial charge is 0.119 e. The molecule has 0 aliphatic rings. The Bertz CT molecular complexity index is 465. The molecule has 0 unspecified atom stereocenters. The van der Waals surface area contributed by atoms with Crippen molar-refractivity contribution in [2.24, 2.45) is 0 Å². The number of hydrogen-bond donors (Lipinski definition) is 0. The Morgan fingerprint density at radius 3 is 2.10 bits per heavy atom. The molecule has 0 bridgehead atoms. The largest absolute Gasteiger partial charge is 0.356 e. The minimum Gasteiger partial charge on any atom is -0.356 e. The molecular formula is C18H25NO. The minimum atomic E-state index is 0.595. The highest BCUT2D eigenvalue weighted by Crippen LogP contribution is 2.11. The number of aryl methyl sites for hydroxylation is 1. The second kappa shape index (κ2) is 9.16. The first kappa shape index (κ1) is 16.3. The molecule has 0 aliphatic heterocycles. The van der Waals surface area contributed by atoms with Crippen molar-refractivity contribution in [3.8, 4) is 0 Å². The van der Waals surface area contributed by atoms with Crippen LogP contribution in [0.4, 0.5) is 5.69 Å². The summed E-state index contributed by atoms with van der Waals surface area (Å²) in [6.07, 6.45) is 0. The van der Waals surface area contributed by atoms with Gasteiger partial charge in [-0.05, 0) is 24.6 Å². The standard InChI is InChI=1S/C16H19NO.C2H6/c1-14-8-10-15(11-9-14)12-18-13-17(2)16-6-4-3-5-7-16;1-2/h3-11H,12-13H2,1-2H3;1-2H3. The van der Waals surface area contributed by atoms with Gasteiger partial charge in [-0.1, -0.05) is 61.9 Å². The van der Waals surface area contributed by atoms with Crippen LogP contribution in [0.15, 0.2) is 54.6 Å². The van der Waals surface area contributed by atoms with Crippen molar-refractivity contribution >= 4 is 5.69 Å². The molecule has 2 aromatic rings. The molecule has 0 atom stereocenters. The quantitative estimate of drug-likeness (QED) is 0.735. The van der Waals surface area contributed by atoms with Crippen LogP contribution in [0.3, 0.4) is 0 Å². The third-order valence-corrected chi connectivity index (χ3v) is 2.87. The van der Waals surface area contributed by atoms with E-state index < -0.39 is 0 Å². The molecule has 0 spiro atoms. The van der Waals surface area contributed by atoms with E-state index in [0.717, 1.165) is 0 Å². The van der Waals surface area contributed by atoms with Crippen LogP contribution in [-0.2, 0) is 11.3 Å². The lowest BCUT2D eigenvalue weighted by molar-refractivity contribution is 0.124. The van der Waals surface area contributed by atoms with E-state index in [-0.39, 0.29) is 0 Å². The molecular weight excluding hydrogens is 246 g/mol. The maximum absolute atomic E-state index is 5.70. The van der Waals surface area contributed by atoms with Crippen LogP contribution in [0.5, 0.6) is 0 Å². The summed E-state index contributed by atoms with van der Waals surface area (Å²) in [5.41, 5.74) is 3.66. The third-order valence-electron chi connectivity index (χ3n) is 2.87. The van der Waals surface area contributed by atoms with Crippen LogP contribution in [0, 0.1) is 6.92 Å². The molecule has 0 aliphatic carbocycles. The molecule has 20 heavy (non-hydrogen) atoms. The van der Waals surface area contributed by atoms with Gasteiger partial charge in [-0.15, -0.1) is 0 Å². The normalized spacial score (nSPS) is 9.60. The van der Waals surface area contributed by atoms with E-state index in [0.29, 0.717) is 13.3 Å². The topological polar surface area (TPSA) is 12.5 Å². The predicted molar refractivity (Wildman–Crippen MR) is 87.0 cm³/mol. The lowest BCUT2D eigenvalue weighted by Gasteiger charge is -2.19. The SMILES string of the molecule is CC.Cc1ccc(COCN(C)c2ccccc2)cc1. The van der Waals surface area contributed by atoms with E-state index in [4.69, 9.17) is 4.74 Å². The van der Waals surface area contributed by atoms with Crippen LogP contribution >= 0.6 is 0 Å². The monoisotopic (exact) mass is 271 g/mol. The number of hydrogen-bond acceptors (Lipinski definition) is 2. The van der Waals surface area contributed by atoms with Crippen molar-refractivity contribution in [1.29, 1.82) is 0 Å². The van der Waals surface area contributed by atoms with Crippen LogP contribution in [0.25, 0.3) is 0 Å². The van der Waals surface area contributed by atoms with Gasteiger partial charge in [0.15, 0.2) is 0 Å². The number of ether oxygens (including phenoxy) is 1. The summed E-state index contributed by atoms with van der Waals surface area (Å²) in [5.74, 6) is 0. The Morgan fingerprint density at radius 1 is 0.900 bits per heavy atom. The Labute approximate surface area is 123 Å². The van der Waals surface area contributed by atoms with Gasteiger partial charge in [0.1, 0.15) is 6.73 Å². The highest BCUT2D eigenvalue weighted by atomic mass is 16.5. The summed E-state index contributed by atoms with van der Waals surface area (Å²) in [6.45, 7) is 7.34. The number of benzene rings is 2. The van der Waals surface area contributed by atoms with Crippen LogP contribution in [-0.4, -0.2) is 13.8 Å². The summed E-state index contributed by atoms with van der Waals surface area (Å²) in [4.78, 5) is 2.09. The number of anilines is 1. The summed E-state index contributed by atoms with van der Waals surface area (Å²) in [6, 6.07) is 18.7. The van der Waals surface area contributed by atoms with E-state index in [1.54, 1.807) is 0 Å². The first-order valence-electron chi connectivity index (χ1n) is 7.15. The molecule has 0 aromatic heterocycles. The van der Waals surface area contributed by atoms with Crippen molar-refractivity contribution in [1.82, 2.24) is 0 Å². The maximum Gasteiger partial charge on any atom is 0.119 e. The zero-order valence-corrected chi connectivity index (χ0v) is 13.0. The van der Waals surface area contributed by atoms with Crippen molar-refractivity contribution in [3.63, 3.8) is 0 Å². The Morgan fingerprint density at radius 2 is 1.50 bits per heavy atom. The lowest BCUT2D eigenvalue weighted by Crippen LogP contribution is -2.20. The zero-order valence-electron chi connectivity index (χ0n) is 13.0. The Balaban J connectivity index is 0.000000956. The molecule has 0 radical (unpaired) electrons. The van der Waals surface area contributed by atoms with Gasteiger partial charge in [0.05, 0.1) is 6.61 Å². The molecule has 2 nitrogen and oxygen atoms in total. The first-order chi connectivity index (χ1) is 9.75. The number of rotatable bonds is 5. The van der Waals surface area contributed by atoms with Crippen molar-refractivity contribution in [2.75, 3.05) is 18.7 Å². The fraction of sp³-hybridized carbons (Fsp3) is 0.333. The summed E-state index contributed by atoms with van der Waals surface area (Å²) in [5, 5.41) is 0. The third kappa shape index (κ3) is 5.45. The number of nitrogens with zero attached hydrogens (tertiary/aromatic N) is 1. The zero-order chi connectivity index (χ0) is 14.8. The van der Waals surface area contributed by atoms with Gasteiger partial charge in [0.25, 0.3) is 0 Å². The van der Waals surface area contributed by atoms with Gasteiger partial charge in [0.2, 0.25) is 0 Å². The minimum absolute atomic E-state index is 0.595. The van der Waals surface area contributed by atoms with Gasteiger partial charge in [-0.2, -0.15) is 0 Å². The molecule has 2 rings (SSSR count). The molecule has 0 saturated carbocycles. The second-order valence-corrected chi connectivity index (χ2v) is 4.50. The Kier molecular flexibility index (Phi) is 7.44. The van der Waals surface area contributed by atoms with Gasteiger partial charge < -0.3 is 9.64 Å². The second-order valence-electron chi connectivity index (χ2n) is 4.50. The van der Waals surface area contributed by atoms with Gasteiger partial charge in [-0.25, -0.2) is 0 Å². The molecule has 0 heterocycles. The van der Waals surface area contributed by atoms with Crippen molar-refractivity contribution in [3.05, 3.63) is 65.7 Å². The molecule has 0 amide bonds. The highest BCUT2D eigenvalue weighted by molar-refractivity contribution is 5.44. The lowest BCUT2D eigenvalue weighted by atomic mass is 10.2. The van der Waals surface area contributed by atoms with Crippen molar-refractivity contribution < 1.29 is 4.74 Å². The first-order valence-corrected chi connectivity index (χ1v) is 7.15. The van der Waals surface area contributed by atoms with E-state index >= 15 is 0 Å². The number of para-hydroxylation sites is 1. The van der Waals surface area contributed by atoms with E-state index in [1.807, 2.05) is 39.1 Å². The molecule has 108 valence electrons. The average Bonchev–Trinajstić information content (AvgIpc) is 2.52. The van der Waals surface area contributed by atoms with Crippen molar-refractivity contribution in [2.45, 2.75) is 27.4 Å². The summed E-state index contributed by atoms with van der Waals surface area (Å²) in [7, 11) is 2.03. The van der Waals surface area contributed by atoms with E-state index in [2.05, 4.69) is 48.2 Å². The molecule has 2 heteroatoms. The van der Waals surface area contributed by atoms with Gasteiger partial charge in [-0.3, -0.25) is 0 Å². The molecule has 0 saturated heterocycles. The molecule has 2 aromatic carbocycles. The fourth-order valence-corrected chi connectivity index (χ4v) is 1.74. The van der Waals surface area contributed by atoms with Crippen LogP contribution < -0.4 is 4.90 Å². The summed E-state index contributed by atoms with van der Waals surface area (Å²) >= 11 is 0.